The number of nitrogens with zero attached hydrogens (tertiary/aromatic N) is 6. The van der Waals surface area contributed by atoms with Crippen molar-refractivity contribution in [3.63, 3.8) is 0 Å². The maximum absolute atomic E-state index is 11.7. The molecule has 1 spiro atoms. The van der Waals surface area contributed by atoms with Gasteiger partial charge in [-0.15, -0.1) is 0 Å². The number of hydrogen-bond acceptors (Lipinski definition) is 7. The predicted octanol–water partition coefficient (Wildman–Crippen LogP) is 3.95. The number of nitrogens with one attached hydrogen (secondary N) is 2. The van der Waals surface area contributed by atoms with Crippen LogP contribution in [0.5, 0.6) is 0 Å². The van der Waals surface area contributed by atoms with Gasteiger partial charge in [0.05, 0.1) is 29.2 Å². The summed E-state index contributed by atoms with van der Waals surface area (Å²) in [5.74, 6) is 1.40. The van der Waals surface area contributed by atoms with Crippen LogP contribution in [0.25, 0.3) is 21.9 Å². The highest BCUT2D eigenvalue weighted by Crippen LogP contribution is 2.33. The Balaban J connectivity index is 1.20. The molecule has 0 aliphatic carbocycles. The summed E-state index contributed by atoms with van der Waals surface area (Å²) >= 11 is 0. The van der Waals surface area contributed by atoms with Gasteiger partial charge in [0, 0.05) is 42.7 Å². The minimum atomic E-state index is 0.00625. The molecule has 1 amide bonds. The number of hydrogen-bond donors (Lipinski definition) is 2. The molecule has 2 N–H and O–H groups in total. The van der Waals surface area contributed by atoms with Crippen molar-refractivity contribution >= 4 is 45.3 Å². The summed E-state index contributed by atoms with van der Waals surface area (Å²) in [5.41, 5.74) is 3.91. The van der Waals surface area contributed by atoms with Crippen LogP contribution in [0.4, 0.5) is 17.5 Å². The van der Waals surface area contributed by atoms with E-state index in [0.29, 0.717) is 18.2 Å². The van der Waals surface area contributed by atoms with Gasteiger partial charge in [0.1, 0.15) is 11.3 Å². The van der Waals surface area contributed by atoms with Crippen LogP contribution in [0.3, 0.4) is 0 Å². The van der Waals surface area contributed by atoms with Crippen LogP contribution < -0.4 is 15.5 Å². The van der Waals surface area contributed by atoms with Gasteiger partial charge in [-0.3, -0.25) is 4.79 Å². The summed E-state index contributed by atoms with van der Waals surface area (Å²) < 4.78 is 2.14. The molecule has 5 heterocycles. The third-order valence-corrected chi connectivity index (χ3v) is 7.15. The number of benzene rings is 1. The van der Waals surface area contributed by atoms with Crippen molar-refractivity contribution in [2.75, 3.05) is 23.3 Å². The van der Waals surface area contributed by atoms with Crippen LogP contribution in [-0.4, -0.2) is 49.0 Å². The molecule has 9 heteroatoms. The molecule has 2 saturated heterocycles. The van der Waals surface area contributed by atoms with E-state index in [4.69, 9.17) is 4.98 Å². The quantitative estimate of drug-likeness (QED) is 0.479. The Morgan fingerprint density at radius 1 is 1.03 bits per heavy atom. The molecule has 6 rings (SSSR count). The number of rotatable bonds is 4. The number of imidazole rings is 1. The molecule has 3 aromatic heterocycles. The first kappa shape index (κ1) is 20.8. The molecule has 9 nitrogen and oxygen atoms in total. The van der Waals surface area contributed by atoms with E-state index in [0.717, 1.165) is 60.0 Å². The first-order valence-electron chi connectivity index (χ1n) is 11.9. The SMILES string of the molecule is CC(C)n1cnc2ccc3cnc(Nc4ccc(N5CCC6(CCC(=O)N6)CC5)cn4)nc3c21. The van der Waals surface area contributed by atoms with Gasteiger partial charge in [-0.25, -0.2) is 19.9 Å². The normalized spacial score (nSPS) is 17.7. The lowest BCUT2D eigenvalue weighted by Crippen LogP contribution is -2.51. The molecule has 1 aromatic carbocycles. The highest BCUT2D eigenvalue weighted by Gasteiger charge is 2.40. The van der Waals surface area contributed by atoms with Crippen LogP contribution in [0.1, 0.15) is 45.6 Å². The second-order valence-corrected chi connectivity index (χ2v) is 9.65. The van der Waals surface area contributed by atoms with E-state index in [1.54, 1.807) is 0 Å². The number of piperidine rings is 1. The lowest BCUT2D eigenvalue weighted by atomic mass is 9.86. The maximum atomic E-state index is 11.7. The molecule has 34 heavy (non-hydrogen) atoms. The molecule has 2 aliphatic heterocycles. The molecule has 0 atom stereocenters. The van der Waals surface area contributed by atoms with E-state index in [1.807, 2.05) is 36.9 Å². The standard InChI is InChI=1S/C25H28N8O/c1-16(2)33-15-28-19-5-3-17-13-27-24(30-22(17)23(19)33)29-20-6-4-18(14-26-20)32-11-9-25(10-12-32)8-7-21(34)31-25/h3-6,13-16H,7-12H2,1-2H3,(H,31,34)(H,26,27,29,30). The van der Waals surface area contributed by atoms with Gasteiger partial charge in [0.25, 0.3) is 0 Å². The van der Waals surface area contributed by atoms with E-state index >= 15 is 0 Å². The van der Waals surface area contributed by atoms with Crippen LogP contribution in [0.15, 0.2) is 43.0 Å². The van der Waals surface area contributed by atoms with Crippen LogP contribution in [-0.2, 0) is 4.79 Å². The molecule has 4 aromatic rings. The lowest BCUT2D eigenvalue weighted by Gasteiger charge is -2.40. The summed E-state index contributed by atoms with van der Waals surface area (Å²) in [6, 6.07) is 8.34. The van der Waals surface area contributed by atoms with Gasteiger partial charge in [0.15, 0.2) is 0 Å². The van der Waals surface area contributed by atoms with E-state index in [2.05, 4.69) is 55.0 Å². The van der Waals surface area contributed by atoms with Crippen LogP contribution >= 0.6 is 0 Å². The number of fused-ring (bicyclic) bond motifs is 3. The molecule has 0 saturated carbocycles. The summed E-state index contributed by atoms with van der Waals surface area (Å²) in [6.45, 7) is 6.11. The fraction of sp³-hybridized carbons (Fsp3) is 0.400. The fourth-order valence-electron chi connectivity index (χ4n) is 5.17. The molecule has 2 fully saturated rings. The zero-order valence-electron chi connectivity index (χ0n) is 19.5. The predicted molar refractivity (Wildman–Crippen MR) is 132 cm³/mol. The molecule has 0 radical (unpaired) electrons. The average Bonchev–Trinajstić information content (AvgIpc) is 3.44. The smallest absolute Gasteiger partial charge is 0.228 e. The molecular formula is C25H28N8O. The Hall–Kier alpha value is -3.75. The maximum Gasteiger partial charge on any atom is 0.228 e. The number of aromatic nitrogens is 5. The number of carbonyl (C=O) groups is 1. The minimum Gasteiger partial charge on any atom is -0.370 e. The second-order valence-electron chi connectivity index (χ2n) is 9.65. The van der Waals surface area contributed by atoms with Gasteiger partial charge >= 0.3 is 0 Å². The van der Waals surface area contributed by atoms with E-state index < -0.39 is 0 Å². The molecule has 0 unspecified atom stereocenters. The van der Waals surface area contributed by atoms with E-state index in [1.165, 1.54) is 0 Å². The topological polar surface area (TPSA) is 101 Å². The number of anilines is 3. The average molecular weight is 457 g/mol. The molecule has 2 aliphatic rings. The Labute approximate surface area is 197 Å². The van der Waals surface area contributed by atoms with Crippen molar-refractivity contribution < 1.29 is 4.79 Å². The third kappa shape index (κ3) is 3.61. The first-order chi connectivity index (χ1) is 16.5. The summed E-state index contributed by atoms with van der Waals surface area (Å²) in [4.78, 5) is 32.4. The van der Waals surface area contributed by atoms with Gasteiger partial charge in [-0.2, -0.15) is 0 Å². The molecule has 0 bridgehead atoms. The van der Waals surface area contributed by atoms with Crippen molar-refractivity contribution in [1.29, 1.82) is 0 Å². The highest BCUT2D eigenvalue weighted by atomic mass is 16.2. The fourth-order valence-corrected chi connectivity index (χ4v) is 5.17. The van der Waals surface area contributed by atoms with Crippen LogP contribution in [0, 0.1) is 0 Å². The lowest BCUT2D eigenvalue weighted by molar-refractivity contribution is -0.119. The van der Waals surface area contributed by atoms with Crippen molar-refractivity contribution in [1.82, 2.24) is 29.8 Å². The third-order valence-electron chi connectivity index (χ3n) is 7.15. The molecule has 174 valence electrons. The minimum absolute atomic E-state index is 0.00625. The number of pyridine rings is 1. The Kier molecular flexibility index (Phi) is 4.86. The zero-order valence-corrected chi connectivity index (χ0v) is 19.5. The highest BCUT2D eigenvalue weighted by molar-refractivity contribution is 6.02. The van der Waals surface area contributed by atoms with E-state index in [9.17, 15) is 4.79 Å². The summed E-state index contributed by atoms with van der Waals surface area (Å²) in [6.07, 6.45) is 9.16. The molecular weight excluding hydrogens is 428 g/mol. The van der Waals surface area contributed by atoms with Crippen molar-refractivity contribution in [2.24, 2.45) is 0 Å². The largest absolute Gasteiger partial charge is 0.370 e. The van der Waals surface area contributed by atoms with Gasteiger partial charge < -0.3 is 20.1 Å². The Morgan fingerprint density at radius 3 is 2.59 bits per heavy atom. The Morgan fingerprint density at radius 2 is 1.88 bits per heavy atom. The van der Waals surface area contributed by atoms with Crippen LogP contribution in [0.2, 0.25) is 0 Å². The summed E-state index contributed by atoms with van der Waals surface area (Å²) in [7, 11) is 0. The first-order valence-corrected chi connectivity index (χ1v) is 11.9. The van der Waals surface area contributed by atoms with Gasteiger partial charge in [-0.05, 0) is 57.4 Å². The van der Waals surface area contributed by atoms with Gasteiger partial charge in [0.2, 0.25) is 11.9 Å². The van der Waals surface area contributed by atoms with Crippen molar-refractivity contribution in [2.45, 2.75) is 51.1 Å². The number of amides is 1. The Bertz CT molecular complexity index is 1370. The van der Waals surface area contributed by atoms with Crippen molar-refractivity contribution in [3.05, 3.63) is 43.0 Å². The van der Waals surface area contributed by atoms with E-state index in [-0.39, 0.29) is 17.5 Å². The number of carbonyl (C=O) groups excluding carboxylic acids is 1. The van der Waals surface area contributed by atoms with Crippen molar-refractivity contribution in [3.8, 4) is 0 Å². The monoisotopic (exact) mass is 456 g/mol. The zero-order chi connectivity index (χ0) is 23.3. The summed E-state index contributed by atoms with van der Waals surface area (Å²) in [5, 5.41) is 7.42. The second kappa shape index (κ2) is 7.93. The van der Waals surface area contributed by atoms with Gasteiger partial charge in [-0.1, -0.05) is 0 Å².